The molecule has 2 amide bonds. The summed E-state index contributed by atoms with van der Waals surface area (Å²) in [6.07, 6.45) is 0.955. The molecule has 1 aliphatic rings. The smallest absolute Gasteiger partial charge is 0.272 e. The molecule has 1 unspecified atom stereocenters. The Morgan fingerprint density at radius 1 is 1.19 bits per heavy atom. The highest BCUT2D eigenvalue weighted by molar-refractivity contribution is 5.98. The molecule has 1 aromatic heterocycles. The average molecular weight is 430 g/mol. The van der Waals surface area contributed by atoms with Crippen LogP contribution < -0.4 is 10.6 Å². The minimum Gasteiger partial charge on any atom is -0.352 e. The van der Waals surface area contributed by atoms with Crippen LogP contribution in [0.4, 0.5) is 4.39 Å². The van der Waals surface area contributed by atoms with Gasteiger partial charge >= 0.3 is 0 Å². The maximum atomic E-state index is 13.4. The van der Waals surface area contributed by atoms with Gasteiger partial charge in [-0.05, 0) is 25.4 Å². The van der Waals surface area contributed by atoms with Crippen LogP contribution in [0.1, 0.15) is 43.4 Å². The summed E-state index contributed by atoms with van der Waals surface area (Å²) in [4.78, 5) is 32.9. The van der Waals surface area contributed by atoms with Crippen LogP contribution in [0.3, 0.4) is 0 Å². The first-order chi connectivity index (χ1) is 14.7. The van der Waals surface area contributed by atoms with E-state index >= 15 is 0 Å². The molecule has 3 rings (SSSR count). The number of benzene rings is 1. The molecule has 1 atom stereocenters. The van der Waals surface area contributed by atoms with Crippen molar-refractivity contribution in [2.75, 3.05) is 26.8 Å². The van der Waals surface area contributed by atoms with Gasteiger partial charge in [0.1, 0.15) is 18.5 Å². The van der Waals surface area contributed by atoms with E-state index < -0.39 is 29.9 Å². The summed E-state index contributed by atoms with van der Waals surface area (Å²) in [6.45, 7) is 7.15. The van der Waals surface area contributed by atoms with Crippen LogP contribution in [0.25, 0.3) is 11.4 Å². The Bertz CT molecular complexity index is 920. The van der Waals surface area contributed by atoms with Gasteiger partial charge in [-0.25, -0.2) is 9.37 Å². The van der Waals surface area contributed by atoms with Gasteiger partial charge < -0.3 is 20.1 Å². The number of carbonyl (C=O) groups is 2. The lowest BCUT2D eigenvalue weighted by molar-refractivity contribution is -0.125. The Kier molecular flexibility index (Phi) is 7.10. The van der Waals surface area contributed by atoms with Crippen molar-refractivity contribution in [3.63, 3.8) is 0 Å². The minimum absolute atomic E-state index is 0.0793. The quantitative estimate of drug-likeness (QED) is 0.740. The fourth-order valence-corrected chi connectivity index (χ4v) is 3.86. The molecule has 0 bridgehead atoms. The first kappa shape index (κ1) is 22.9. The largest absolute Gasteiger partial charge is 0.352 e. The van der Waals surface area contributed by atoms with Gasteiger partial charge in [-0.3, -0.25) is 9.59 Å². The Morgan fingerprint density at radius 2 is 1.90 bits per heavy atom. The highest BCUT2D eigenvalue weighted by Crippen LogP contribution is 2.27. The van der Waals surface area contributed by atoms with Crippen molar-refractivity contribution >= 4 is 11.8 Å². The maximum absolute atomic E-state index is 13.4. The van der Waals surface area contributed by atoms with E-state index in [4.69, 9.17) is 4.98 Å². The van der Waals surface area contributed by atoms with Crippen molar-refractivity contribution < 1.29 is 14.0 Å². The Balaban J connectivity index is 1.98. The molecule has 1 aliphatic heterocycles. The van der Waals surface area contributed by atoms with E-state index in [0.717, 1.165) is 36.6 Å². The predicted molar refractivity (Wildman–Crippen MR) is 118 cm³/mol. The van der Waals surface area contributed by atoms with Crippen LogP contribution in [0, 0.1) is 5.41 Å². The van der Waals surface area contributed by atoms with Crippen LogP contribution in [-0.2, 0) is 17.9 Å². The molecule has 0 fully saturated rings. The monoisotopic (exact) mass is 429 g/mol. The fraction of sp³-hybridized carbons (Fsp3) is 0.522. The van der Waals surface area contributed by atoms with Gasteiger partial charge in [0.2, 0.25) is 5.91 Å². The molecular formula is C23H32FN5O2. The summed E-state index contributed by atoms with van der Waals surface area (Å²) in [5.74, 6) is -0.0361. The van der Waals surface area contributed by atoms with Gasteiger partial charge in [-0.2, -0.15) is 0 Å². The normalized spacial score (nSPS) is 15.6. The molecule has 168 valence electrons. The van der Waals surface area contributed by atoms with Crippen molar-refractivity contribution in [3.05, 3.63) is 41.7 Å². The van der Waals surface area contributed by atoms with E-state index in [1.807, 2.05) is 58.2 Å². The lowest BCUT2D eigenvalue weighted by Gasteiger charge is -2.30. The molecular weight excluding hydrogens is 397 g/mol. The molecule has 2 N–H and O–H groups in total. The SMILES string of the molecule is CN1CCCn2c(-c3ccccc3)nc(C(=O)NC(C(=O)NCCF)C(C)(C)C)c2C1. The van der Waals surface area contributed by atoms with Gasteiger partial charge in [0.05, 0.1) is 5.69 Å². The summed E-state index contributed by atoms with van der Waals surface area (Å²) < 4.78 is 14.7. The second-order valence-corrected chi connectivity index (χ2v) is 9.09. The van der Waals surface area contributed by atoms with E-state index in [1.165, 1.54) is 0 Å². The molecule has 0 aliphatic carbocycles. The molecule has 7 nitrogen and oxygen atoms in total. The Hall–Kier alpha value is -2.74. The highest BCUT2D eigenvalue weighted by atomic mass is 19.1. The highest BCUT2D eigenvalue weighted by Gasteiger charge is 2.35. The lowest BCUT2D eigenvalue weighted by atomic mass is 9.86. The minimum atomic E-state index is -0.812. The molecule has 0 radical (unpaired) electrons. The molecule has 2 heterocycles. The third-order valence-corrected chi connectivity index (χ3v) is 5.46. The molecule has 2 aromatic rings. The van der Waals surface area contributed by atoms with Gasteiger partial charge in [0.25, 0.3) is 5.91 Å². The number of aromatic nitrogens is 2. The summed E-state index contributed by atoms with van der Waals surface area (Å²) in [5, 5.41) is 5.41. The third kappa shape index (κ3) is 5.31. The second kappa shape index (κ2) is 9.60. The van der Waals surface area contributed by atoms with Crippen molar-refractivity contribution in [2.24, 2.45) is 5.41 Å². The first-order valence-electron chi connectivity index (χ1n) is 10.7. The van der Waals surface area contributed by atoms with Crippen LogP contribution in [0.5, 0.6) is 0 Å². The van der Waals surface area contributed by atoms with Crippen LogP contribution in [0.2, 0.25) is 0 Å². The topological polar surface area (TPSA) is 79.3 Å². The molecule has 31 heavy (non-hydrogen) atoms. The Labute approximate surface area is 183 Å². The van der Waals surface area contributed by atoms with Crippen LogP contribution >= 0.6 is 0 Å². The molecule has 0 spiro atoms. The van der Waals surface area contributed by atoms with Crippen LogP contribution in [0.15, 0.2) is 30.3 Å². The summed E-state index contributed by atoms with van der Waals surface area (Å²) >= 11 is 0. The molecule has 0 saturated heterocycles. The Morgan fingerprint density at radius 3 is 2.55 bits per heavy atom. The zero-order chi connectivity index (χ0) is 22.6. The molecule has 0 saturated carbocycles. The third-order valence-electron chi connectivity index (χ3n) is 5.46. The predicted octanol–water partition coefficient (Wildman–Crippen LogP) is 2.62. The number of alkyl halides is 1. The maximum Gasteiger partial charge on any atom is 0.272 e. The number of amides is 2. The average Bonchev–Trinajstić information content (AvgIpc) is 2.96. The van der Waals surface area contributed by atoms with E-state index in [-0.39, 0.29) is 6.54 Å². The summed E-state index contributed by atoms with van der Waals surface area (Å²) in [6, 6.07) is 8.99. The van der Waals surface area contributed by atoms with Crippen LogP contribution in [-0.4, -0.2) is 59.1 Å². The van der Waals surface area contributed by atoms with Gasteiger partial charge in [-0.15, -0.1) is 0 Å². The van der Waals surface area contributed by atoms with Gasteiger partial charge in [0, 0.05) is 25.2 Å². The van der Waals surface area contributed by atoms with Crippen molar-refractivity contribution in [2.45, 2.75) is 46.3 Å². The number of nitrogens with zero attached hydrogens (tertiary/aromatic N) is 3. The number of hydrogen-bond acceptors (Lipinski definition) is 4. The number of fused-ring (bicyclic) bond motifs is 1. The van der Waals surface area contributed by atoms with Gasteiger partial charge in [0.15, 0.2) is 5.69 Å². The number of imidazole rings is 1. The van der Waals surface area contributed by atoms with Crippen molar-refractivity contribution in [1.29, 1.82) is 0 Å². The number of nitrogens with one attached hydrogen (secondary N) is 2. The van der Waals surface area contributed by atoms with E-state index in [9.17, 15) is 14.0 Å². The van der Waals surface area contributed by atoms with E-state index in [1.54, 1.807) is 0 Å². The van der Waals surface area contributed by atoms with E-state index in [2.05, 4.69) is 20.1 Å². The zero-order valence-electron chi connectivity index (χ0n) is 18.7. The van der Waals surface area contributed by atoms with Crippen molar-refractivity contribution in [3.8, 4) is 11.4 Å². The first-order valence-corrected chi connectivity index (χ1v) is 10.7. The number of hydrogen-bond donors (Lipinski definition) is 2. The second-order valence-electron chi connectivity index (χ2n) is 9.09. The zero-order valence-corrected chi connectivity index (χ0v) is 18.7. The standard InChI is InChI=1S/C23H32FN5O2/c1-23(2,3)19(22(31)25-12-11-24)27-21(30)18-17-15-28(4)13-8-14-29(17)20(26-18)16-9-6-5-7-10-16/h5-7,9-10,19H,8,11-15H2,1-4H3,(H,25,31)(H,27,30). The van der Waals surface area contributed by atoms with Gasteiger partial charge in [-0.1, -0.05) is 51.1 Å². The molecule has 8 heteroatoms. The number of halogens is 1. The number of rotatable bonds is 6. The summed E-state index contributed by atoms with van der Waals surface area (Å²) in [5.41, 5.74) is 1.57. The van der Waals surface area contributed by atoms with Crippen molar-refractivity contribution in [1.82, 2.24) is 25.1 Å². The molecule has 1 aromatic carbocycles. The summed E-state index contributed by atoms with van der Waals surface area (Å²) in [7, 11) is 2.02. The lowest BCUT2D eigenvalue weighted by Crippen LogP contribution is -2.54. The number of carbonyl (C=O) groups excluding carboxylic acids is 2. The van der Waals surface area contributed by atoms with E-state index in [0.29, 0.717) is 12.2 Å². The fourth-order valence-electron chi connectivity index (χ4n) is 3.86.